The fourth-order valence-corrected chi connectivity index (χ4v) is 3.84. The summed E-state index contributed by atoms with van der Waals surface area (Å²) in [5.41, 5.74) is 1.93. The van der Waals surface area contributed by atoms with Gasteiger partial charge in [-0.2, -0.15) is 9.61 Å². The van der Waals surface area contributed by atoms with Crippen molar-refractivity contribution in [3.8, 4) is 0 Å². The largest absolute Gasteiger partial charge is 0.275 e. The Morgan fingerprint density at radius 3 is 2.85 bits per heavy atom. The third kappa shape index (κ3) is 2.91. The van der Waals surface area contributed by atoms with Crippen LogP contribution in [0.15, 0.2) is 41.2 Å². The average Bonchev–Trinajstić information content (AvgIpc) is 2.83. The molecule has 0 N–H and O–H groups in total. The first-order valence-corrected chi connectivity index (χ1v) is 8.17. The Bertz CT molecular complexity index is 780. The summed E-state index contributed by atoms with van der Waals surface area (Å²) in [6.45, 7) is 1.82. The van der Waals surface area contributed by atoms with Crippen molar-refractivity contribution in [1.82, 2.24) is 14.6 Å². The Hall–Kier alpha value is -1.66. The second kappa shape index (κ2) is 5.76. The number of benzene rings is 1. The molecular weight excluding hydrogens is 290 g/mol. The highest BCUT2D eigenvalue weighted by atomic mass is 32.2. The lowest BCUT2D eigenvalue weighted by molar-refractivity contribution is 0.870. The summed E-state index contributed by atoms with van der Waals surface area (Å²) in [7, 11) is 0. The molecule has 0 amide bonds. The number of thioether (sulfide) groups is 1. The fraction of sp³-hybridized carbons (Fsp3) is 0.214. The van der Waals surface area contributed by atoms with Gasteiger partial charge in [0, 0.05) is 23.3 Å². The van der Waals surface area contributed by atoms with Gasteiger partial charge in [0.1, 0.15) is 5.01 Å². The molecule has 0 radical (unpaired) electrons. The van der Waals surface area contributed by atoms with Gasteiger partial charge in [0.05, 0.1) is 0 Å². The predicted octanol–water partition coefficient (Wildman–Crippen LogP) is 2.89. The minimum atomic E-state index is -0.108. The maximum Gasteiger partial charge on any atom is 0.275 e. The van der Waals surface area contributed by atoms with Crippen molar-refractivity contribution in [2.75, 3.05) is 0 Å². The lowest BCUT2D eigenvalue weighted by Crippen LogP contribution is -2.14. The molecule has 0 atom stereocenters. The van der Waals surface area contributed by atoms with Gasteiger partial charge >= 0.3 is 0 Å². The quantitative estimate of drug-likeness (QED) is 0.743. The van der Waals surface area contributed by atoms with Crippen LogP contribution in [0.5, 0.6) is 0 Å². The van der Waals surface area contributed by atoms with E-state index in [-0.39, 0.29) is 5.56 Å². The van der Waals surface area contributed by atoms with Gasteiger partial charge in [0.15, 0.2) is 0 Å². The van der Waals surface area contributed by atoms with Crippen LogP contribution in [0.1, 0.15) is 16.3 Å². The Morgan fingerprint density at radius 1 is 1.25 bits per heavy atom. The number of hydrogen-bond acceptors (Lipinski definition) is 5. The van der Waals surface area contributed by atoms with E-state index in [1.165, 1.54) is 27.5 Å². The molecule has 6 heteroatoms. The van der Waals surface area contributed by atoms with Crippen LogP contribution in [0, 0.1) is 6.92 Å². The van der Waals surface area contributed by atoms with Crippen molar-refractivity contribution in [1.29, 1.82) is 0 Å². The molecule has 0 saturated heterocycles. The van der Waals surface area contributed by atoms with Crippen LogP contribution in [-0.2, 0) is 11.5 Å². The first-order valence-electron chi connectivity index (χ1n) is 6.20. The Kier molecular flexibility index (Phi) is 3.84. The van der Waals surface area contributed by atoms with Gasteiger partial charge in [-0.3, -0.25) is 4.79 Å². The van der Waals surface area contributed by atoms with Crippen molar-refractivity contribution in [2.24, 2.45) is 0 Å². The Balaban J connectivity index is 1.72. The van der Waals surface area contributed by atoms with Crippen LogP contribution >= 0.6 is 23.1 Å². The molecular formula is C14H13N3OS2. The van der Waals surface area contributed by atoms with Crippen molar-refractivity contribution in [2.45, 2.75) is 18.4 Å². The number of aryl methyl sites for hydroxylation is 1. The number of fused-ring (bicyclic) bond motifs is 1. The SMILES string of the molecule is Cc1cc(=O)n2nc(CSCc3ccccc3)sc2n1. The van der Waals surface area contributed by atoms with Gasteiger partial charge in [-0.05, 0) is 12.5 Å². The number of hydrogen-bond donors (Lipinski definition) is 0. The summed E-state index contributed by atoms with van der Waals surface area (Å²) in [5.74, 6) is 1.74. The van der Waals surface area contributed by atoms with E-state index in [0.29, 0.717) is 4.96 Å². The van der Waals surface area contributed by atoms with E-state index in [0.717, 1.165) is 22.2 Å². The summed E-state index contributed by atoms with van der Waals surface area (Å²) in [4.78, 5) is 16.8. The minimum absolute atomic E-state index is 0.108. The highest BCUT2D eigenvalue weighted by molar-refractivity contribution is 7.97. The van der Waals surface area contributed by atoms with Gasteiger partial charge in [0.2, 0.25) is 4.96 Å². The van der Waals surface area contributed by atoms with E-state index in [9.17, 15) is 4.79 Å². The molecule has 0 aliphatic rings. The highest BCUT2D eigenvalue weighted by Gasteiger charge is 2.07. The van der Waals surface area contributed by atoms with Gasteiger partial charge in [-0.25, -0.2) is 4.98 Å². The summed E-state index contributed by atoms with van der Waals surface area (Å²) < 4.78 is 1.38. The van der Waals surface area contributed by atoms with Gasteiger partial charge in [0.25, 0.3) is 5.56 Å². The standard InChI is InChI=1S/C14H13N3OS2/c1-10-7-13(18)17-14(15-10)20-12(16-17)9-19-8-11-5-3-2-4-6-11/h2-7H,8-9H2,1H3. The lowest BCUT2D eigenvalue weighted by Gasteiger charge is -1.98. The lowest BCUT2D eigenvalue weighted by atomic mass is 10.2. The zero-order valence-corrected chi connectivity index (χ0v) is 12.6. The van der Waals surface area contributed by atoms with Gasteiger partial charge < -0.3 is 0 Å². The highest BCUT2D eigenvalue weighted by Crippen LogP contribution is 2.20. The molecule has 0 aliphatic carbocycles. The second-order valence-corrected chi connectivity index (χ2v) is 6.43. The van der Waals surface area contributed by atoms with Crippen LogP contribution in [0.4, 0.5) is 0 Å². The molecule has 0 saturated carbocycles. The van der Waals surface area contributed by atoms with Crippen molar-refractivity contribution >= 4 is 28.1 Å². The van der Waals surface area contributed by atoms with E-state index in [2.05, 4.69) is 22.2 Å². The summed E-state index contributed by atoms with van der Waals surface area (Å²) in [6, 6.07) is 11.8. The summed E-state index contributed by atoms with van der Waals surface area (Å²) >= 11 is 3.27. The normalized spacial score (nSPS) is 11.1. The molecule has 3 aromatic rings. The molecule has 102 valence electrons. The minimum Gasteiger partial charge on any atom is -0.267 e. The first kappa shape index (κ1) is 13.3. The molecule has 4 nitrogen and oxygen atoms in total. The van der Waals surface area contributed by atoms with Crippen LogP contribution < -0.4 is 5.56 Å². The molecule has 0 aliphatic heterocycles. The van der Waals surface area contributed by atoms with Gasteiger partial charge in [-0.15, -0.1) is 11.8 Å². The van der Waals surface area contributed by atoms with E-state index < -0.39 is 0 Å². The van der Waals surface area contributed by atoms with Crippen LogP contribution in [0.2, 0.25) is 0 Å². The van der Waals surface area contributed by atoms with E-state index in [4.69, 9.17) is 0 Å². The van der Waals surface area contributed by atoms with E-state index >= 15 is 0 Å². The molecule has 2 aromatic heterocycles. The Morgan fingerprint density at radius 2 is 2.05 bits per heavy atom. The monoisotopic (exact) mass is 303 g/mol. The van der Waals surface area contributed by atoms with Crippen LogP contribution in [0.25, 0.3) is 4.96 Å². The van der Waals surface area contributed by atoms with Crippen molar-refractivity contribution in [3.05, 3.63) is 63.0 Å². The molecule has 0 spiro atoms. The van der Waals surface area contributed by atoms with E-state index in [1.807, 2.05) is 25.1 Å². The molecule has 3 rings (SSSR count). The number of aromatic nitrogens is 3. The molecule has 0 fully saturated rings. The zero-order chi connectivity index (χ0) is 13.9. The topological polar surface area (TPSA) is 47.3 Å². The van der Waals surface area contributed by atoms with Crippen LogP contribution in [-0.4, -0.2) is 14.6 Å². The maximum atomic E-state index is 11.8. The van der Waals surface area contributed by atoms with Crippen molar-refractivity contribution in [3.63, 3.8) is 0 Å². The second-order valence-electron chi connectivity index (χ2n) is 4.40. The van der Waals surface area contributed by atoms with Crippen molar-refractivity contribution < 1.29 is 0 Å². The van der Waals surface area contributed by atoms with E-state index in [1.54, 1.807) is 11.8 Å². The predicted molar refractivity (Wildman–Crippen MR) is 83.3 cm³/mol. The summed E-state index contributed by atoms with van der Waals surface area (Å²) in [5, 5.41) is 5.26. The fourth-order valence-electron chi connectivity index (χ4n) is 1.85. The molecule has 1 aromatic carbocycles. The maximum absolute atomic E-state index is 11.8. The third-order valence-corrected chi connectivity index (χ3v) is 4.86. The first-order chi connectivity index (χ1) is 9.72. The third-order valence-electron chi connectivity index (χ3n) is 2.75. The molecule has 2 heterocycles. The van der Waals surface area contributed by atoms with Crippen LogP contribution in [0.3, 0.4) is 0 Å². The number of rotatable bonds is 4. The molecule has 0 unspecified atom stereocenters. The Labute approximate surface area is 124 Å². The smallest absolute Gasteiger partial charge is 0.267 e. The zero-order valence-electron chi connectivity index (χ0n) is 10.9. The average molecular weight is 303 g/mol. The molecule has 20 heavy (non-hydrogen) atoms. The molecule has 0 bridgehead atoms. The number of nitrogens with zero attached hydrogens (tertiary/aromatic N) is 3. The van der Waals surface area contributed by atoms with Gasteiger partial charge in [-0.1, -0.05) is 41.7 Å². The summed E-state index contributed by atoms with van der Waals surface area (Å²) in [6.07, 6.45) is 0.